The molecular weight excluding hydrogens is 407 g/mol. The summed E-state index contributed by atoms with van der Waals surface area (Å²) in [5, 5.41) is 13.8. The lowest BCUT2D eigenvalue weighted by atomic mass is 9.75. The number of aromatic nitrogens is 1. The molecule has 0 aliphatic carbocycles. The molecule has 1 aromatic heterocycles. The first-order valence-electron chi connectivity index (χ1n) is 10.6. The number of benzene rings is 2. The fraction of sp³-hybridized carbons (Fsp3) is 0.292. The van der Waals surface area contributed by atoms with Gasteiger partial charge in [-0.25, -0.2) is 9.78 Å². The standard InChI is InChI=1S/C24H25BN2O5/c1-14(2)22(24(29)31-13-18-10-8-16-6-4-5-7-20(16)26-18)27-23(28)19-11-9-17-12-32-25(30)21(17)15(19)3/h4-11,14,22,30H,12-13H2,1-3H3,(H,27,28)/t22-/m0/s1. The smallest absolute Gasteiger partial charge is 0.458 e. The number of amides is 1. The van der Waals surface area contributed by atoms with Gasteiger partial charge in [0.25, 0.3) is 5.91 Å². The largest absolute Gasteiger partial charge is 0.492 e. The van der Waals surface area contributed by atoms with E-state index in [1.54, 1.807) is 19.1 Å². The van der Waals surface area contributed by atoms with Gasteiger partial charge in [-0.1, -0.05) is 44.2 Å². The maximum absolute atomic E-state index is 13.0. The van der Waals surface area contributed by atoms with Crippen LogP contribution >= 0.6 is 0 Å². The van der Waals surface area contributed by atoms with Gasteiger partial charge in [-0.3, -0.25) is 4.79 Å². The Balaban J connectivity index is 1.45. The van der Waals surface area contributed by atoms with Crippen molar-refractivity contribution >= 4 is 35.4 Å². The van der Waals surface area contributed by atoms with E-state index in [-0.39, 0.29) is 12.5 Å². The molecule has 0 saturated heterocycles. The van der Waals surface area contributed by atoms with Crippen molar-refractivity contribution in [1.82, 2.24) is 10.3 Å². The number of nitrogens with one attached hydrogen (secondary N) is 1. The number of carbonyl (C=O) groups is 2. The Labute approximate surface area is 186 Å². The number of nitrogens with zero attached hydrogens (tertiary/aromatic N) is 1. The molecule has 4 rings (SSSR count). The monoisotopic (exact) mass is 432 g/mol. The van der Waals surface area contributed by atoms with E-state index in [9.17, 15) is 14.6 Å². The molecule has 0 bridgehead atoms. The van der Waals surface area contributed by atoms with Crippen molar-refractivity contribution in [3.8, 4) is 0 Å². The zero-order valence-corrected chi connectivity index (χ0v) is 18.3. The summed E-state index contributed by atoms with van der Waals surface area (Å²) in [6.07, 6.45) is 0. The van der Waals surface area contributed by atoms with Crippen LogP contribution in [0.15, 0.2) is 48.5 Å². The third-order valence-corrected chi connectivity index (χ3v) is 5.72. The van der Waals surface area contributed by atoms with Crippen molar-refractivity contribution < 1.29 is 24.0 Å². The molecule has 1 atom stereocenters. The minimum atomic E-state index is -1.04. The molecule has 8 heteroatoms. The number of hydrogen-bond donors (Lipinski definition) is 2. The molecular formula is C24H25BN2O5. The lowest BCUT2D eigenvalue weighted by molar-refractivity contribution is -0.148. The summed E-state index contributed by atoms with van der Waals surface area (Å²) in [4.78, 5) is 30.3. The quantitative estimate of drug-likeness (QED) is 0.458. The molecule has 0 unspecified atom stereocenters. The lowest BCUT2D eigenvalue weighted by Gasteiger charge is -2.21. The number of esters is 1. The first-order valence-corrected chi connectivity index (χ1v) is 10.6. The summed E-state index contributed by atoms with van der Waals surface area (Å²) in [6.45, 7) is 5.77. The van der Waals surface area contributed by atoms with Gasteiger partial charge in [-0.05, 0) is 47.6 Å². The van der Waals surface area contributed by atoms with Crippen LogP contribution in [0.4, 0.5) is 0 Å². The first kappa shape index (κ1) is 22.0. The molecule has 7 nitrogen and oxygen atoms in total. The minimum Gasteiger partial charge on any atom is -0.458 e. The van der Waals surface area contributed by atoms with E-state index < -0.39 is 25.0 Å². The molecule has 1 amide bonds. The Morgan fingerprint density at radius 3 is 2.75 bits per heavy atom. The lowest BCUT2D eigenvalue weighted by Crippen LogP contribution is -2.46. The molecule has 2 aromatic carbocycles. The molecule has 1 aliphatic heterocycles. The number of rotatable bonds is 6. The van der Waals surface area contributed by atoms with E-state index in [1.807, 2.05) is 50.2 Å². The zero-order valence-electron chi connectivity index (χ0n) is 18.3. The number of fused-ring (bicyclic) bond motifs is 2. The van der Waals surface area contributed by atoms with Crippen molar-refractivity contribution in [3.63, 3.8) is 0 Å². The van der Waals surface area contributed by atoms with Gasteiger partial charge in [0.05, 0.1) is 17.8 Å². The van der Waals surface area contributed by atoms with Gasteiger partial charge < -0.3 is 19.7 Å². The molecule has 1 aliphatic rings. The van der Waals surface area contributed by atoms with E-state index in [0.29, 0.717) is 28.9 Å². The van der Waals surface area contributed by atoms with Crippen molar-refractivity contribution in [2.45, 2.75) is 40.0 Å². The number of pyridine rings is 1. The van der Waals surface area contributed by atoms with Gasteiger partial charge in [0.15, 0.2) is 0 Å². The molecule has 3 aromatic rings. The van der Waals surface area contributed by atoms with Gasteiger partial charge >= 0.3 is 13.1 Å². The second-order valence-electron chi connectivity index (χ2n) is 8.27. The highest BCUT2D eigenvalue weighted by molar-refractivity contribution is 6.62. The summed E-state index contributed by atoms with van der Waals surface area (Å²) in [6, 6.07) is 14.1. The number of carbonyl (C=O) groups excluding carboxylic acids is 2. The maximum atomic E-state index is 13.0. The Hall–Kier alpha value is -3.23. The SMILES string of the molecule is Cc1c(C(=O)N[C@H](C(=O)OCc2ccc3ccccc3n2)C(C)C)ccc2c1B(O)OC2. The molecule has 2 N–H and O–H groups in total. The molecule has 32 heavy (non-hydrogen) atoms. The fourth-order valence-corrected chi connectivity index (χ4v) is 3.89. The number of para-hydroxylation sites is 1. The molecule has 164 valence electrons. The van der Waals surface area contributed by atoms with E-state index in [2.05, 4.69) is 10.3 Å². The molecule has 0 fully saturated rings. The van der Waals surface area contributed by atoms with E-state index in [4.69, 9.17) is 9.39 Å². The van der Waals surface area contributed by atoms with Crippen molar-refractivity contribution in [3.05, 3.63) is 70.9 Å². The van der Waals surface area contributed by atoms with Crippen LogP contribution in [0.25, 0.3) is 10.9 Å². The zero-order chi connectivity index (χ0) is 22.8. The first-order chi connectivity index (χ1) is 15.3. The Bertz CT molecular complexity index is 1180. The summed E-state index contributed by atoms with van der Waals surface area (Å²) >= 11 is 0. The van der Waals surface area contributed by atoms with Gasteiger partial charge in [0.2, 0.25) is 0 Å². The predicted octanol–water partition coefficient (Wildman–Crippen LogP) is 2.26. The fourth-order valence-electron chi connectivity index (χ4n) is 3.89. The topological polar surface area (TPSA) is 97.8 Å². The highest BCUT2D eigenvalue weighted by Crippen LogP contribution is 2.17. The average Bonchev–Trinajstić information content (AvgIpc) is 3.17. The third kappa shape index (κ3) is 4.37. The third-order valence-electron chi connectivity index (χ3n) is 5.72. The summed E-state index contributed by atoms with van der Waals surface area (Å²) in [5.41, 5.74) is 3.96. The normalized spacial score (nSPS) is 13.8. The van der Waals surface area contributed by atoms with Gasteiger partial charge in [-0.15, -0.1) is 0 Å². The number of hydrogen-bond acceptors (Lipinski definition) is 6. The Kier molecular flexibility index (Phi) is 6.25. The summed E-state index contributed by atoms with van der Waals surface area (Å²) in [5.74, 6) is -1.10. The Morgan fingerprint density at radius 2 is 1.97 bits per heavy atom. The van der Waals surface area contributed by atoms with Crippen molar-refractivity contribution in [2.75, 3.05) is 0 Å². The molecule has 0 spiro atoms. The van der Waals surface area contributed by atoms with Crippen molar-refractivity contribution in [2.24, 2.45) is 5.92 Å². The molecule has 0 radical (unpaired) electrons. The van der Waals surface area contributed by atoms with Gasteiger partial charge in [-0.2, -0.15) is 0 Å². The van der Waals surface area contributed by atoms with Crippen LogP contribution < -0.4 is 10.8 Å². The van der Waals surface area contributed by atoms with Crippen LogP contribution in [0.2, 0.25) is 0 Å². The maximum Gasteiger partial charge on any atom is 0.492 e. The molecule has 0 saturated carbocycles. The Morgan fingerprint density at radius 1 is 1.19 bits per heavy atom. The van der Waals surface area contributed by atoms with E-state index >= 15 is 0 Å². The highest BCUT2D eigenvalue weighted by Gasteiger charge is 2.32. The van der Waals surface area contributed by atoms with Crippen LogP contribution in [-0.4, -0.2) is 35.0 Å². The van der Waals surface area contributed by atoms with E-state index in [0.717, 1.165) is 16.5 Å². The van der Waals surface area contributed by atoms with Gasteiger partial charge in [0.1, 0.15) is 12.6 Å². The van der Waals surface area contributed by atoms with Crippen molar-refractivity contribution in [1.29, 1.82) is 0 Å². The van der Waals surface area contributed by atoms with Gasteiger partial charge in [0, 0.05) is 10.9 Å². The predicted molar refractivity (Wildman–Crippen MR) is 121 cm³/mol. The van der Waals surface area contributed by atoms with Crippen LogP contribution in [-0.2, 0) is 27.4 Å². The second kappa shape index (κ2) is 9.10. The van der Waals surface area contributed by atoms with Crippen LogP contribution in [0.3, 0.4) is 0 Å². The number of ether oxygens (including phenoxy) is 1. The summed E-state index contributed by atoms with van der Waals surface area (Å²) in [7, 11) is -1.04. The highest BCUT2D eigenvalue weighted by atomic mass is 16.5. The average molecular weight is 432 g/mol. The second-order valence-corrected chi connectivity index (χ2v) is 8.27. The van der Waals surface area contributed by atoms with E-state index in [1.165, 1.54) is 0 Å². The van der Waals surface area contributed by atoms with Crippen LogP contribution in [0, 0.1) is 12.8 Å². The van der Waals surface area contributed by atoms with Crippen LogP contribution in [0.5, 0.6) is 0 Å². The summed E-state index contributed by atoms with van der Waals surface area (Å²) < 4.78 is 10.7. The molecule has 2 heterocycles. The van der Waals surface area contributed by atoms with Crippen LogP contribution in [0.1, 0.15) is 41.0 Å². The minimum absolute atomic E-state index is 0.0180.